The summed E-state index contributed by atoms with van der Waals surface area (Å²) in [4.78, 5) is 35.8. The van der Waals surface area contributed by atoms with E-state index in [1.807, 2.05) is 18.2 Å². The predicted octanol–water partition coefficient (Wildman–Crippen LogP) is 5.48. The number of Topliss-reactive ketones (excluding diaryl/α,β-unsaturated/α-hetero) is 1. The van der Waals surface area contributed by atoms with Gasteiger partial charge in [0.2, 0.25) is 0 Å². The molecular weight excluding hydrogens is 438 g/mol. The van der Waals surface area contributed by atoms with Crippen molar-refractivity contribution in [1.29, 1.82) is 0 Å². The third-order valence-electron chi connectivity index (χ3n) is 5.12. The first-order chi connectivity index (χ1) is 16.2. The molecule has 1 heterocycles. The van der Waals surface area contributed by atoms with Crippen LogP contribution in [0, 0.1) is 0 Å². The molecule has 0 fully saturated rings. The fourth-order valence-electron chi connectivity index (χ4n) is 3.19. The molecule has 1 unspecified atom stereocenters. The molecule has 8 heteroatoms. The molecule has 2 aromatic rings. The van der Waals surface area contributed by atoms with Crippen LogP contribution in [0.15, 0.2) is 57.4 Å². The van der Waals surface area contributed by atoms with Crippen molar-refractivity contribution >= 4 is 18.0 Å². The van der Waals surface area contributed by atoms with Gasteiger partial charge in [0.25, 0.3) is 0 Å². The van der Waals surface area contributed by atoms with E-state index in [0.717, 1.165) is 18.4 Å². The van der Waals surface area contributed by atoms with Crippen LogP contribution >= 0.6 is 0 Å². The largest absolute Gasteiger partial charge is 0.507 e. The number of aromatic hydroxyl groups is 1. The van der Waals surface area contributed by atoms with E-state index in [4.69, 9.17) is 14.3 Å². The molecule has 1 amide bonds. The monoisotopic (exact) mass is 469 g/mol. The smallest absolute Gasteiger partial charge is 0.408 e. The third-order valence-corrected chi connectivity index (χ3v) is 5.12. The Morgan fingerprint density at radius 3 is 2.71 bits per heavy atom. The second-order valence-electron chi connectivity index (χ2n) is 7.96. The van der Waals surface area contributed by atoms with Gasteiger partial charge in [-0.2, -0.15) is 0 Å². The number of hydrogen-bond acceptors (Lipinski definition) is 6. The second kappa shape index (κ2) is 13.0. The molecule has 3 N–H and O–H groups in total. The standard InChI is InChI=1S/C26H31NO7/c1-4-5-13-33-20-11-8-10-19(15-20)14-18(3)24(29)23-21(28)16-22(34-25(23)30)17(2)9-6-7-12-27-26(31)32/h7-8,10-12,14-17,27-28H,4-6,9,13H2,1-3H3,(H,31,32). The highest BCUT2D eigenvalue weighted by Gasteiger charge is 2.22. The number of hydrogen-bond donors (Lipinski definition) is 3. The van der Waals surface area contributed by atoms with E-state index < -0.39 is 28.8 Å². The van der Waals surface area contributed by atoms with Crippen LogP contribution in [0.5, 0.6) is 11.5 Å². The van der Waals surface area contributed by atoms with Crippen molar-refractivity contribution in [3.05, 3.63) is 75.5 Å². The van der Waals surface area contributed by atoms with E-state index in [1.54, 1.807) is 32.1 Å². The molecule has 0 aliphatic carbocycles. The lowest BCUT2D eigenvalue weighted by atomic mass is 9.99. The van der Waals surface area contributed by atoms with Crippen LogP contribution in [0.1, 0.15) is 74.1 Å². The van der Waals surface area contributed by atoms with Crippen molar-refractivity contribution in [3.63, 3.8) is 0 Å². The molecule has 182 valence electrons. The Balaban J connectivity index is 2.14. The Hall–Kier alpha value is -3.81. The average Bonchev–Trinajstić information content (AvgIpc) is 2.78. The van der Waals surface area contributed by atoms with Gasteiger partial charge in [0.15, 0.2) is 5.78 Å². The summed E-state index contributed by atoms with van der Waals surface area (Å²) in [6.07, 6.45) is 6.46. The highest BCUT2D eigenvalue weighted by molar-refractivity contribution is 6.12. The van der Waals surface area contributed by atoms with Gasteiger partial charge in [-0.05, 0) is 55.5 Å². The molecule has 0 spiro atoms. The number of allylic oxidation sites excluding steroid dienone is 2. The van der Waals surface area contributed by atoms with Crippen molar-refractivity contribution in [2.75, 3.05) is 6.61 Å². The summed E-state index contributed by atoms with van der Waals surface area (Å²) in [5.41, 5.74) is -0.311. The normalized spacial score (nSPS) is 12.5. The predicted molar refractivity (Wildman–Crippen MR) is 129 cm³/mol. The molecule has 0 saturated heterocycles. The van der Waals surface area contributed by atoms with Crippen LogP contribution in [0.3, 0.4) is 0 Å². The first-order valence-corrected chi connectivity index (χ1v) is 11.2. The van der Waals surface area contributed by atoms with Crippen LogP contribution in [-0.2, 0) is 0 Å². The number of carboxylic acid groups (broad SMARTS) is 1. The number of carbonyl (C=O) groups is 2. The number of ketones is 1. The minimum atomic E-state index is -1.15. The number of unbranched alkanes of at least 4 members (excludes halogenated alkanes) is 1. The molecule has 0 aliphatic heterocycles. The van der Waals surface area contributed by atoms with Gasteiger partial charge in [0.05, 0.1) is 6.61 Å². The first kappa shape index (κ1) is 26.4. The van der Waals surface area contributed by atoms with Crippen molar-refractivity contribution < 1.29 is 29.0 Å². The maximum atomic E-state index is 12.9. The lowest BCUT2D eigenvalue weighted by Gasteiger charge is -2.11. The van der Waals surface area contributed by atoms with E-state index in [1.165, 1.54) is 12.3 Å². The van der Waals surface area contributed by atoms with E-state index >= 15 is 0 Å². The molecule has 0 saturated carbocycles. The summed E-state index contributed by atoms with van der Waals surface area (Å²) in [6, 6.07) is 8.56. The van der Waals surface area contributed by atoms with Gasteiger partial charge in [-0.25, -0.2) is 9.59 Å². The maximum absolute atomic E-state index is 12.9. The van der Waals surface area contributed by atoms with Crippen molar-refractivity contribution in [3.8, 4) is 11.5 Å². The number of ether oxygens (including phenoxy) is 1. The SMILES string of the molecule is CCCCOc1cccc(C=C(C)C(=O)c2c(O)cc(C(C)CCC=CNC(=O)O)oc2=O)c1. The number of amides is 1. The van der Waals surface area contributed by atoms with Crippen molar-refractivity contribution in [2.45, 2.75) is 52.4 Å². The van der Waals surface area contributed by atoms with Gasteiger partial charge in [-0.3, -0.25) is 10.1 Å². The van der Waals surface area contributed by atoms with Crippen molar-refractivity contribution in [2.24, 2.45) is 0 Å². The lowest BCUT2D eigenvalue weighted by molar-refractivity contribution is 0.102. The molecule has 0 radical (unpaired) electrons. The van der Waals surface area contributed by atoms with E-state index in [2.05, 4.69) is 12.2 Å². The van der Waals surface area contributed by atoms with Gasteiger partial charge >= 0.3 is 11.7 Å². The molecule has 2 rings (SSSR count). The Labute approximate surface area is 198 Å². The highest BCUT2D eigenvalue weighted by Crippen LogP contribution is 2.26. The van der Waals surface area contributed by atoms with Crippen LogP contribution < -0.4 is 15.7 Å². The van der Waals surface area contributed by atoms with E-state index in [9.17, 15) is 19.5 Å². The topological polar surface area (TPSA) is 126 Å². The Morgan fingerprint density at radius 2 is 2.03 bits per heavy atom. The van der Waals surface area contributed by atoms with Crippen LogP contribution in [0.2, 0.25) is 0 Å². The molecule has 8 nitrogen and oxygen atoms in total. The zero-order chi connectivity index (χ0) is 25.1. The molecular formula is C26H31NO7. The number of benzene rings is 1. The van der Waals surface area contributed by atoms with Crippen molar-refractivity contribution in [1.82, 2.24) is 5.32 Å². The summed E-state index contributed by atoms with van der Waals surface area (Å²) in [5.74, 6) is -0.348. The second-order valence-corrected chi connectivity index (χ2v) is 7.96. The minimum Gasteiger partial charge on any atom is -0.507 e. The Morgan fingerprint density at radius 1 is 1.26 bits per heavy atom. The Bertz CT molecular complexity index is 1110. The van der Waals surface area contributed by atoms with Gasteiger partial charge < -0.3 is 19.4 Å². The van der Waals surface area contributed by atoms with Gasteiger partial charge in [0.1, 0.15) is 22.8 Å². The maximum Gasteiger partial charge on any atom is 0.408 e. The minimum absolute atomic E-state index is 0.232. The van der Waals surface area contributed by atoms with E-state index in [-0.39, 0.29) is 17.3 Å². The summed E-state index contributed by atoms with van der Waals surface area (Å²) in [7, 11) is 0. The van der Waals surface area contributed by atoms with Gasteiger partial charge in [0, 0.05) is 18.2 Å². The molecule has 1 atom stereocenters. The number of nitrogens with one attached hydrogen (secondary N) is 1. The summed E-state index contributed by atoms with van der Waals surface area (Å²) in [5, 5.41) is 21.1. The molecule has 1 aromatic heterocycles. The zero-order valence-electron chi connectivity index (χ0n) is 19.7. The molecule has 1 aromatic carbocycles. The quantitative estimate of drug-likeness (QED) is 0.214. The summed E-state index contributed by atoms with van der Waals surface area (Å²) < 4.78 is 11.0. The fourth-order valence-corrected chi connectivity index (χ4v) is 3.19. The molecule has 0 aliphatic rings. The number of rotatable bonds is 12. The van der Waals surface area contributed by atoms with Crippen LogP contribution in [0.4, 0.5) is 4.79 Å². The van der Waals surface area contributed by atoms with Gasteiger partial charge in [-0.1, -0.05) is 38.5 Å². The highest BCUT2D eigenvalue weighted by atomic mass is 16.5. The van der Waals surface area contributed by atoms with E-state index in [0.29, 0.717) is 25.2 Å². The summed E-state index contributed by atoms with van der Waals surface area (Å²) in [6.45, 7) is 6.06. The summed E-state index contributed by atoms with van der Waals surface area (Å²) >= 11 is 0. The van der Waals surface area contributed by atoms with Crippen LogP contribution in [-0.4, -0.2) is 28.7 Å². The lowest BCUT2D eigenvalue weighted by Crippen LogP contribution is -2.16. The average molecular weight is 470 g/mol. The Kier molecular flexibility index (Phi) is 10.1. The molecule has 0 bridgehead atoms. The fraction of sp³-hybridized carbons (Fsp3) is 0.346. The van der Waals surface area contributed by atoms with Gasteiger partial charge in [-0.15, -0.1) is 0 Å². The third kappa shape index (κ3) is 7.95. The zero-order valence-corrected chi connectivity index (χ0v) is 19.7. The van der Waals surface area contributed by atoms with Crippen LogP contribution in [0.25, 0.3) is 6.08 Å². The number of carbonyl (C=O) groups excluding carboxylic acids is 1. The molecule has 34 heavy (non-hydrogen) atoms. The first-order valence-electron chi connectivity index (χ1n) is 11.2.